The van der Waals surface area contributed by atoms with Gasteiger partial charge in [-0.3, -0.25) is 4.90 Å². The van der Waals surface area contributed by atoms with Gasteiger partial charge in [0.15, 0.2) is 5.82 Å². The number of nitrogens with zero attached hydrogens (tertiary/aromatic N) is 5. The Hall–Kier alpha value is -3.63. The van der Waals surface area contributed by atoms with Gasteiger partial charge in [-0.1, -0.05) is 6.92 Å². The zero-order valence-electron chi connectivity index (χ0n) is 26.1. The molecule has 4 aliphatic rings. The second kappa shape index (κ2) is 11.5. The third-order valence-electron chi connectivity index (χ3n) is 9.60. The zero-order valence-corrected chi connectivity index (χ0v) is 26.1. The SMILES string of the molecule is CC[C@@H]1CN2c3nc(OC[C@H](F)CN4CC5(COC5)C4)nc4c(F)c(-c5cc(N)c(F)c(C)c5C(F)(F)F)nc(c34)O[C@@H](C)[C@@H]2CN1. The van der Waals surface area contributed by atoms with Crippen molar-refractivity contribution >= 4 is 22.4 Å². The van der Waals surface area contributed by atoms with Crippen LogP contribution < -0.4 is 25.4 Å². The molecule has 6 heterocycles. The van der Waals surface area contributed by atoms with Crippen LogP contribution in [-0.4, -0.2) is 96.8 Å². The molecule has 10 nitrogen and oxygen atoms in total. The number of nitrogen functional groups attached to an aromatic ring is 1. The van der Waals surface area contributed by atoms with E-state index in [1.54, 1.807) is 6.92 Å². The first-order valence-electron chi connectivity index (χ1n) is 15.6. The van der Waals surface area contributed by atoms with Crippen molar-refractivity contribution in [1.29, 1.82) is 0 Å². The van der Waals surface area contributed by atoms with Crippen LogP contribution in [0.2, 0.25) is 0 Å². The zero-order chi connectivity index (χ0) is 33.4. The molecule has 16 heteroatoms. The monoisotopic (exact) mass is 667 g/mol. The molecule has 2 aromatic heterocycles. The lowest BCUT2D eigenvalue weighted by Crippen LogP contribution is -2.66. The summed E-state index contributed by atoms with van der Waals surface area (Å²) in [6, 6.07) is 0.0661. The summed E-state index contributed by atoms with van der Waals surface area (Å²) in [6.07, 6.45) is -6.30. The van der Waals surface area contributed by atoms with E-state index in [2.05, 4.69) is 20.3 Å². The molecule has 4 aliphatic heterocycles. The molecule has 3 fully saturated rings. The van der Waals surface area contributed by atoms with E-state index in [0.29, 0.717) is 32.4 Å². The molecular weight excluding hydrogens is 632 g/mol. The lowest BCUT2D eigenvalue weighted by Gasteiger charge is -2.55. The van der Waals surface area contributed by atoms with Gasteiger partial charge in [-0.05, 0) is 31.9 Å². The highest BCUT2D eigenvalue weighted by Crippen LogP contribution is 2.46. The van der Waals surface area contributed by atoms with Crippen LogP contribution >= 0.6 is 0 Å². The molecule has 1 spiro atoms. The molecule has 0 radical (unpaired) electrons. The number of likely N-dealkylation sites (tertiary alicyclic amines) is 1. The number of hydrogen-bond donors (Lipinski definition) is 2. The molecule has 0 aliphatic carbocycles. The molecular formula is C31H35F6N7O3. The second-order valence-electron chi connectivity index (χ2n) is 13.1. The van der Waals surface area contributed by atoms with Crippen molar-refractivity contribution in [1.82, 2.24) is 25.2 Å². The average molecular weight is 668 g/mol. The lowest BCUT2D eigenvalue weighted by molar-refractivity contribution is -0.191. The number of anilines is 2. The smallest absolute Gasteiger partial charge is 0.417 e. The number of hydrogen-bond acceptors (Lipinski definition) is 10. The number of alkyl halides is 4. The van der Waals surface area contributed by atoms with E-state index in [1.807, 2.05) is 16.7 Å². The highest BCUT2D eigenvalue weighted by molar-refractivity contribution is 5.97. The van der Waals surface area contributed by atoms with E-state index >= 15 is 8.78 Å². The molecule has 3 saturated heterocycles. The number of aromatic nitrogens is 3. The predicted octanol–water partition coefficient (Wildman–Crippen LogP) is 4.27. The first kappa shape index (κ1) is 31.9. The molecule has 0 unspecified atom stereocenters. The Bertz CT molecular complexity index is 1710. The van der Waals surface area contributed by atoms with Crippen molar-refractivity contribution in [3.8, 4) is 23.1 Å². The van der Waals surface area contributed by atoms with Gasteiger partial charge in [0.25, 0.3) is 0 Å². The number of piperazine rings is 1. The summed E-state index contributed by atoms with van der Waals surface area (Å²) in [5, 5.41) is 3.48. The van der Waals surface area contributed by atoms with Crippen molar-refractivity contribution in [2.75, 3.05) is 63.2 Å². The minimum atomic E-state index is -5.08. The van der Waals surface area contributed by atoms with Gasteiger partial charge in [0.2, 0.25) is 5.88 Å². The second-order valence-corrected chi connectivity index (χ2v) is 13.1. The molecule has 1 aromatic carbocycles. The van der Waals surface area contributed by atoms with Gasteiger partial charge in [-0.15, -0.1) is 0 Å². The van der Waals surface area contributed by atoms with Crippen LogP contribution in [0.5, 0.6) is 11.9 Å². The maximum absolute atomic E-state index is 16.6. The predicted molar refractivity (Wildman–Crippen MR) is 160 cm³/mol. The topological polar surface area (TPSA) is 111 Å². The molecule has 7 rings (SSSR count). The van der Waals surface area contributed by atoms with Crippen LogP contribution in [0.3, 0.4) is 0 Å². The van der Waals surface area contributed by atoms with Gasteiger partial charge in [0.1, 0.15) is 47.1 Å². The van der Waals surface area contributed by atoms with Crippen LogP contribution in [0.15, 0.2) is 6.07 Å². The summed E-state index contributed by atoms with van der Waals surface area (Å²) in [4.78, 5) is 17.0. The quantitative estimate of drug-likeness (QED) is 0.280. The van der Waals surface area contributed by atoms with Gasteiger partial charge < -0.3 is 30.2 Å². The molecule has 254 valence electrons. The van der Waals surface area contributed by atoms with Crippen LogP contribution in [0.4, 0.5) is 37.8 Å². The lowest BCUT2D eigenvalue weighted by atomic mass is 9.78. The Kier molecular flexibility index (Phi) is 7.82. The third-order valence-corrected chi connectivity index (χ3v) is 9.60. The van der Waals surface area contributed by atoms with Crippen molar-refractivity contribution in [2.24, 2.45) is 5.41 Å². The minimum absolute atomic E-state index is 0.0375. The van der Waals surface area contributed by atoms with Crippen LogP contribution in [0, 0.1) is 24.0 Å². The van der Waals surface area contributed by atoms with Gasteiger partial charge in [0.05, 0.1) is 30.5 Å². The van der Waals surface area contributed by atoms with Crippen LogP contribution in [0.25, 0.3) is 22.2 Å². The number of rotatable bonds is 7. The van der Waals surface area contributed by atoms with Crippen LogP contribution in [0.1, 0.15) is 31.4 Å². The van der Waals surface area contributed by atoms with Gasteiger partial charge >= 0.3 is 12.2 Å². The van der Waals surface area contributed by atoms with Crippen molar-refractivity contribution in [2.45, 2.75) is 57.7 Å². The fourth-order valence-electron chi connectivity index (χ4n) is 7.14. The first-order chi connectivity index (χ1) is 22.3. The maximum atomic E-state index is 16.6. The number of nitrogens with one attached hydrogen (secondary N) is 1. The standard InChI is InChI=1S/C31H35F6N7O3/c1-4-17-8-44-20(6-39-17)15(3)47-28-21-26(24(34)25(40-28)18-5-19(38)23(33)14(2)22(18)31(35,36)37)41-29(42-27(21)44)46-9-16(32)7-43-10-30(11-43)12-45-13-30/h5,15-17,20,39H,4,6-13,38H2,1-3H3/t15-,16+,17+,20-/m0/s1. The molecule has 4 atom stereocenters. The van der Waals surface area contributed by atoms with E-state index < -0.39 is 70.3 Å². The molecule has 0 amide bonds. The number of ether oxygens (including phenoxy) is 3. The minimum Gasteiger partial charge on any atom is -0.472 e. The molecule has 3 N–H and O–H groups in total. The Morgan fingerprint density at radius 1 is 1.17 bits per heavy atom. The molecule has 0 saturated carbocycles. The molecule has 47 heavy (non-hydrogen) atoms. The van der Waals surface area contributed by atoms with Crippen molar-refractivity contribution in [3.05, 3.63) is 28.8 Å². The maximum Gasteiger partial charge on any atom is 0.417 e. The Morgan fingerprint density at radius 2 is 1.91 bits per heavy atom. The summed E-state index contributed by atoms with van der Waals surface area (Å²) >= 11 is 0. The summed E-state index contributed by atoms with van der Waals surface area (Å²) in [5.41, 5.74) is 1.02. The number of pyridine rings is 1. The largest absolute Gasteiger partial charge is 0.472 e. The number of benzene rings is 1. The van der Waals surface area contributed by atoms with Crippen LogP contribution in [-0.2, 0) is 10.9 Å². The summed E-state index contributed by atoms with van der Waals surface area (Å²) in [5.74, 6) is -2.49. The van der Waals surface area contributed by atoms with E-state index in [4.69, 9.17) is 19.9 Å². The fourth-order valence-corrected chi connectivity index (χ4v) is 7.14. The molecule has 0 bridgehead atoms. The highest BCUT2D eigenvalue weighted by Gasteiger charge is 2.49. The van der Waals surface area contributed by atoms with Crippen molar-refractivity contribution < 1.29 is 40.6 Å². The Morgan fingerprint density at radius 3 is 2.57 bits per heavy atom. The normalized spacial score (nSPS) is 24.3. The number of halogens is 6. The Labute approximate surface area is 266 Å². The number of fused-ring (bicyclic) bond motifs is 2. The first-order valence-corrected chi connectivity index (χ1v) is 15.6. The summed E-state index contributed by atoms with van der Waals surface area (Å²) in [6.45, 7) is 8.06. The van der Waals surface area contributed by atoms with Gasteiger partial charge in [-0.25, -0.2) is 18.2 Å². The number of nitrogens with two attached hydrogens (primary N) is 1. The third kappa shape index (κ3) is 5.47. The van der Waals surface area contributed by atoms with E-state index in [0.717, 1.165) is 26.4 Å². The Balaban J connectivity index is 1.33. The summed E-state index contributed by atoms with van der Waals surface area (Å²) < 4.78 is 107. The average Bonchev–Trinajstić information content (AvgIpc) is 3.10. The fraction of sp³-hybridized carbons (Fsp3) is 0.581. The molecule has 3 aromatic rings. The van der Waals surface area contributed by atoms with Gasteiger partial charge in [-0.2, -0.15) is 23.1 Å². The summed E-state index contributed by atoms with van der Waals surface area (Å²) in [7, 11) is 0. The highest BCUT2D eigenvalue weighted by atomic mass is 19.4. The van der Waals surface area contributed by atoms with Gasteiger partial charge in [0, 0.05) is 49.7 Å². The van der Waals surface area contributed by atoms with Crippen molar-refractivity contribution in [3.63, 3.8) is 0 Å². The van der Waals surface area contributed by atoms with E-state index in [1.165, 1.54) is 0 Å². The van der Waals surface area contributed by atoms with E-state index in [-0.39, 0.29) is 47.1 Å². The van der Waals surface area contributed by atoms with E-state index in [9.17, 15) is 17.6 Å².